The molecule has 1 unspecified atom stereocenters. The van der Waals surface area contributed by atoms with Crippen molar-refractivity contribution in [3.8, 4) is 0 Å². The Kier molecular flexibility index (Phi) is 3.50. The largest absolute Gasteiger partial charge is 0.497 e. The summed E-state index contributed by atoms with van der Waals surface area (Å²) in [5.41, 5.74) is 3.88. The van der Waals surface area contributed by atoms with Crippen molar-refractivity contribution in [3.63, 3.8) is 0 Å². The topological polar surface area (TPSA) is 21.3 Å². The molecule has 0 saturated heterocycles. The lowest BCUT2D eigenvalue weighted by molar-refractivity contribution is 0.135. The number of allylic oxidation sites excluding steroid dienone is 1. The van der Waals surface area contributed by atoms with Crippen molar-refractivity contribution in [2.75, 3.05) is 11.9 Å². The molecule has 1 N–H and O–H groups in total. The van der Waals surface area contributed by atoms with Gasteiger partial charge < -0.3 is 10.1 Å². The van der Waals surface area contributed by atoms with Crippen molar-refractivity contribution in [1.82, 2.24) is 0 Å². The van der Waals surface area contributed by atoms with Crippen LogP contribution in [-0.4, -0.2) is 12.6 Å². The molecular weight excluding hydrogens is 198 g/mol. The molecular formula is C14H19NO. The summed E-state index contributed by atoms with van der Waals surface area (Å²) in [4.78, 5) is 0. The van der Waals surface area contributed by atoms with E-state index in [0.717, 1.165) is 19.4 Å². The molecule has 0 bridgehead atoms. The summed E-state index contributed by atoms with van der Waals surface area (Å²) in [5.74, 6) is 0. The molecule has 16 heavy (non-hydrogen) atoms. The molecule has 1 aromatic rings. The molecule has 0 fully saturated rings. The molecule has 1 aromatic carbocycles. The Morgan fingerprint density at radius 2 is 2.25 bits per heavy atom. The Balaban J connectivity index is 1.94. The number of aryl methyl sites for hydroxylation is 1. The molecule has 86 valence electrons. The van der Waals surface area contributed by atoms with Gasteiger partial charge in [0.15, 0.2) is 0 Å². The van der Waals surface area contributed by atoms with E-state index in [1.807, 2.05) is 6.26 Å². The van der Waals surface area contributed by atoms with Gasteiger partial charge in [0, 0.05) is 5.69 Å². The fraction of sp³-hybridized carbons (Fsp3) is 0.429. The first-order chi connectivity index (χ1) is 7.77. The number of hydrogen-bond acceptors (Lipinski definition) is 2. The van der Waals surface area contributed by atoms with Gasteiger partial charge in [0.2, 0.25) is 0 Å². The lowest BCUT2D eigenvalue weighted by Gasteiger charge is -2.21. The van der Waals surface area contributed by atoms with Crippen LogP contribution in [0.4, 0.5) is 5.69 Å². The molecule has 1 aliphatic heterocycles. The zero-order valence-electron chi connectivity index (χ0n) is 9.99. The minimum absolute atomic E-state index is 0.310. The van der Waals surface area contributed by atoms with E-state index in [1.54, 1.807) is 0 Å². The molecule has 1 aliphatic rings. The second kappa shape index (κ2) is 5.06. The summed E-state index contributed by atoms with van der Waals surface area (Å²) in [6.45, 7) is 5.17. The van der Waals surface area contributed by atoms with Crippen molar-refractivity contribution < 1.29 is 4.74 Å². The Hall–Kier alpha value is -1.44. The highest BCUT2D eigenvalue weighted by molar-refractivity contribution is 5.53. The molecule has 0 aliphatic carbocycles. The number of rotatable bonds is 3. The molecule has 0 saturated carbocycles. The van der Waals surface area contributed by atoms with Crippen LogP contribution >= 0.6 is 0 Å². The Bertz CT molecular complexity index is 384. The first kappa shape index (κ1) is 11.1. The van der Waals surface area contributed by atoms with Crippen LogP contribution in [0.25, 0.3) is 0 Å². The molecule has 0 radical (unpaired) electrons. The predicted molar refractivity (Wildman–Crippen MR) is 67.7 cm³/mol. The van der Waals surface area contributed by atoms with Gasteiger partial charge in [-0.2, -0.15) is 0 Å². The number of hydrogen-bond donors (Lipinski definition) is 1. The van der Waals surface area contributed by atoms with Crippen LogP contribution < -0.4 is 5.32 Å². The predicted octanol–water partition coefficient (Wildman–Crippen LogP) is 3.41. The van der Waals surface area contributed by atoms with Gasteiger partial charge >= 0.3 is 0 Å². The van der Waals surface area contributed by atoms with Gasteiger partial charge in [-0.25, -0.2) is 0 Å². The summed E-state index contributed by atoms with van der Waals surface area (Å²) in [7, 11) is 0. The summed E-state index contributed by atoms with van der Waals surface area (Å²) >= 11 is 0. The molecule has 1 atom stereocenters. The fourth-order valence-electron chi connectivity index (χ4n) is 1.90. The quantitative estimate of drug-likeness (QED) is 0.837. The van der Waals surface area contributed by atoms with Crippen molar-refractivity contribution >= 4 is 5.69 Å². The van der Waals surface area contributed by atoms with Gasteiger partial charge in [0.25, 0.3) is 0 Å². The summed E-state index contributed by atoms with van der Waals surface area (Å²) in [6, 6.07) is 6.35. The lowest BCUT2D eigenvalue weighted by Crippen LogP contribution is -2.23. The first-order valence-electron chi connectivity index (χ1n) is 5.88. The maximum Gasteiger partial charge on any atom is 0.115 e. The minimum Gasteiger partial charge on any atom is -0.497 e. The summed E-state index contributed by atoms with van der Waals surface area (Å²) in [5, 5.41) is 3.46. The van der Waals surface area contributed by atoms with Crippen LogP contribution in [0.1, 0.15) is 24.0 Å². The highest BCUT2D eigenvalue weighted by Crippen LogP contribution is 2.19. The third-order valence-corrected chi connectivity index (χ3v) is 3.15. The monoisotopic (exact) mass is 217 g/mol. The second-order valence-electron chi connectivity index (χ2n) is 4.34. The van der Waals surface area contributed by atoms with E-state index < -0.39 is 0 Å². The fourth-order valence-corrected chi connectivity index (χ4v) is 1.90. The molecule has 0 spiro atoms. The van der Waals surface area contributed by atoms with Gasteiger partial charge in [-0.15, -0.1) is 0 Å². The zero-order chi connectivity index (χ0) is 11.4. The minimum atomic E-state index is 0.310. The third-order valence-electron chi connectivity index (χ3n) is 3.15. The van der Waals surface area contributed by atoms with E-state index in [9.17, 15) is 0 Å². The molecule has 0 aromatic heterocycles. The van der Waals surface area contributed by atoms with E-state index in [-0.39, 0.29) is 0 Å². The normalized spacial score (nSPS) is 19.2. The standard InChI is InChI=1S/C14H19NO/c1-11-6-5-8-14(12(11)2)15-10-13-7-3-4-9-16-13/h4-6,8-9,13,15H,3,7,10H2,1-2H3. The molecule has 0 amide bonds. The molecule has 1 heterocycles. The van der Waals surface area contributed by atoms with Crippen molar-refractivity contribution in [3.05, 3.63) is 41.7 Å². The Morgan fingerprint density at radius 1 is 1.38 bits per heavy atom. The highest BCUT2D eigenvalue weighted by atomic mass is 16.5. The van der Waals surface area contributed by atoms with E-state index in [2.05, 4.69) is 43.4 Å². The first-order valence-corrected chi connectivity index (χ1v) is 5.88. The number of anilines is 1. The van der Waals surface area contributed by atoms with Crippen LogP contribution in [0.15, 0.2) is 30.5 Å². The van der Waals surface area contributed by atoms with Gasteiger partial charge in [0.05, 0.1) is 12.8 Å². The van der Waals surface area contributed by atoms with Crippen LogP contribution in [-0.2, 0) is 4.74 Å². The van der Waals surface area contributed by atoms with Gasteiger partial charge in [0.1, 0.15) is 6.10 Å². The average molecular weight is 217 g/mol. The Labute approximate surface area is 97.3 Å². The van der Waals surface area contributed by atoms with Gasteiger partial charge in [-0.05, 0) is 50.0 Å². The van der Waals surface area contributed by atoms with E-state index >= 15 is 0 Å². The van der Waals surface area contributed by atoms with E-state index in [1.165, 1.54) is 16.8 Å². The van der Waals surface area contributed by atoms with Crippen molar-refractivity contribution in [2.24, 2.45) is 0 Å². The highest BCUT2D eigenvalue weighted by Gasteiger charge is 2.10. The van der Waals surface area contributed by atoms with Crippen LogP contribution in [0.2, 0.25) is 0 Å². The van der Waals surface area contributed by atoms with Crippen LogP contribution in [0.3, 0.4) is 0 Å². The second-order valence-corrected chi connectivity index (χ2v) is 4.34. The average Bonchev–Trinajstić information content (AvgIpc) is 2.32. The van der Waals surface area contributed by atoms with Gasteiger partial charge in [-0.3, -0.25) is 0 Å². The van der Waals surface area contributed by atoms with Crippen LogP contribution in [0, 0.1) is 13.8 Å². The van der Waals surface area contributed by atoms with Crippen molar-refractivity contribution in [1.29, 1.82) is 0 Å². The molecule has 2 heteroatoms. The van der Waals surface area contributed by atoms with Crippen molar-refractivity contribution in [2.45, 2.75) is 32.8 Å². The van der Waals surface area contributed by atoms with Gasteiger partial charge in [-0.1, -0.05) is 12.1 Å². The maximum absolute atomic E-state index is 5.53. The Morgan fingerprint density at radius 3 is 3.00 bits per heavy atom. The molecule has 2 rings (SSSR count). The van der Waals surface area contributed by atoms with Crippen LogP contribution in [0.5, 0.6) is 0 Å². The summed E-state index contributed by atoms with van der Waals surface area (Å²) in [6.07, 6.45) is 6.44. The smallest absolute Gasteiger partial charge is 0.115 e. The van der Waals surface area contributed by atoms with E-state index in [4.69, 9.17) is 4.74 Å². The third kappa shape index (κ3) is 2.57. The molecule has 2 nitrogen and oxygen atoms in total. The maximum atomic E-state index is 5.53. The number of benzene rings is 1. The zero-order valence-corrected chi connectivity index (χ0v) is 9.99. The lowest BCUT2D eigenvalue weighted by atomic mass is 10.1. The number of nitrogens with one attached hydrogen (secondary N) is 1. The van der Waals surface area contributed by atoms with E-state index in [0.29, 0.717) is 6.10 Å². The summed E-state index contributed by atoms with van der Waals surface area (Å²) < 4.78 is 5.53. The number of ether oxygens (including phenoxy) is 1. The SMILES string of the molecule is Cc1cccc(NCC2CCC=CO2)c1C.